The minimum atomic E-state index is -0.591. The standard InChI is InChI=1S/C18H17N3O5/c1-11-8-12(2)21(20-11)16-7-4-13(9-19-16)17(22)25-10-14-5-6-15(26-14)18(23)24-3/h4-9H,10H2,1-3H3. The summed E-state index contributed by atoms with van der Waals surface area (Å²) >= 11 is 0. The van der Waals surface area contributed by atoms with E-state index in [0.717, 1.165) is 11.4 Å². The van der Waals surface area contributed by atoms with Gasteiger partial charge >= 0.3 is 11.9 Å². The van der Waals surface area contributed by atoms with Crippen LogP contribution < -0.4 is 0 Å². The second-order valence-electron chi connectivity index (χ2n) is 5.58. The first-order valence-electron chi connectivity index (χ1n) is 7.82. The van der Waals surface area contributed by atoms with Gasteiger partial charge in [0, 0.05) is 11.9 Å². The van der Waals surface area contributed by atoms with Crippen molar-refractivity contribution >= 4 is 11.9 Å². The Morgan fingerprint density at radius 3 is 2.58 bits per heavy atom. The van der Waals surface area contributed by atoms with E-state index in [-0.39, 0.29) is 12.4 Å². The van der Waals surface area contributed by atoms with E-state index in [1.807, 2.05) is 19.9 Å². The molecule has 0 aliphatic carbocycles. The molecular formula is C18H17N3O5. The molecule has 3 aromatic rings. The largest absolute Gasteiger partial charge is 0.463 e. The first kappa shape index (κ1) is 17.4. The Morgan fingerprint density at radius 2 is 1.96 bits per heavy atom. The van der Waals surface area contributed by atoms with Gasteiger partial charge in [0.25, 0.3) is 0 Å². The summed E-state index contributed by atoms with van der Waals surface area (Å²) in [5.41, 5.74) is 2.14. The molecule has 0 aliphatic heterocycles. The predicted octanol–water partition coefficient (Wildman–Crippen LogP) is 2.62. The lowest BCUT2D eigenvalue weighted by molar-refractivity contribution is 0.0438. The quantitative estimate of drug-likeness (QED) is 0.649. The van der Waals surface area contributed by atoms with Crippen LogP contribution in [0.5, 0.6) is 0 Å². The fourth-order valence-electron chi connectivity index (χ4n) is 2.38. The van der Waals surface area contributed by atoms with Gasteiger partial charge in [0.2, 0.25) is 5.76 Å². The Morgan fingerprint density at radius 1 is 1.15 bits per heavy atom. The zero-order valence-electron chi connectivity index (χ0n) is 14.6. The molecular weight excluding hydrogens is 338 g/mol. The third-order valence-electron chi connectivity index (χ3n) is 3.60. The number of rotatable bonds is 5. The average molecular weight is 355 g/mol. The van der Waals surface area contributed by atoms with Gasteiger partial charge in [0.05, 0.1) is 18.4 Å². The molecule has 0 unspecified atom stereocenters. The monoisotopic (exact) mass is 355 g/mol. The van der Waals surface area contributed by atoms with Gasteiger partial charge in [-0.15, -0.1) is 0 Å². The number of aryl methyl sites for hydroxylation is 2. The van der Waals surface area contributed by atoms with Gasteiger partial charge in [-0.3, -0.25) is 0 Å². The zero-order chi connectivity index (χ0) is 18.7. The number of hydrogen-bond donors (Lipinski definition) is 0. The number of carbonyl (C=O) groups excluding carboxylic acids is 2. The summed E-state index contributed by atoms with van der Waals surface area (Å²) in [5.74, 6) is -0.138. The number of ether oxygens (including phenoxy) is 2. The Labute approximate surface area is 149 Å². The van der Waals surface area contributed by atoms with Gasteiger partial charge < -0.3 is 13.9 Å². The number of furan rings is 1. The van der Waals surface area contributed by atoms with Crippen LogP contribution in [0.3, 0.4) is 0 Å². The van der Waals surface area contributed by atoms with Crippen molar-refractivity contribution in [3.63, 3.8) is 0 Å². The highest BCUT2D eigenvalue weighted by atomic mass is 16.5. The molecule has 26 heavy (non-hydrogen) atoms. The van der Waals surface area contributed by atoms with Crippen LogP contribution in [0, 0.1) is 13.8 Å². The van der Waals surface area contributed by atoms with Crippen molar-refractivity contribution < 1.29 is 23.5 Å². The lowest BCUT2D eigenvalue weighted by Gasteiger charge is -2.05. The Kier molecular flexibility index (Phi) is 4.83. The summed E-state index contributed by atoms with van der Waals surface area (Å²) in [6.45, 7) is 3.72. The van der Waals surface area contributed by atoms with Gasteiger partial charge in [0.15, 0.2) is 5.82 Å². The highest BCUT2D eigenvalue weighted by molar-refractivity contribution is 5.89. The Bertz CT molecular complexity index is 940. The van der Waals surface area contributed by atoms with Crippen molar-refractivity contribution in [2.45, 2.75) is 20.5 Å². The molecule has 8 heteroatoms. The van der Waals surface area contributed by atoms with Gasteiger partial charge in [0.1, 0.15) is 12.4 Å². The molecule has 0 spiro atoms. The van der Waals surface area contributed by atoms with E-state index >= 15 is 0 Å². The van der Waals surface area contributed by atoms with Gasteiger partial charge in [-0.2, -0.15) is 5.10 Å². The molecule has 0 atom stereocenters. The SMILES string of the molecule is COC(=O)c1ccc(COC(=O)c2ccc(-n3nc(C)cc3C)nc2)o1. The average Bonchev–Trinajstić information content (AvgIpc) is 3.25. The second kappa shape index (κ2) is 7.22. The lowest BCUT2D eigenvalue weighted by atomic mass is 10.3. The highest BCUT2D eigenvalue weighted by Crippen LogP contribution is 2.13. The number of pyridine rings is 1. The predicted molar refractivity (Wildman–Crippen MR) is 90.0 cm³/mol. The molecule has 0 saturated carbocycles. The topological polar surface area (TPSA) is 96.5 Å². The second-order valence-corrected chi connectivity index (χ2v) is 5.58. The van der Waals surface area contributed by atoms with E-state index in [2.05, 4.69) is 14.8 Å². The summed E-state index contributed by atoms with van der Waals surface area (Å²) in [6, 6.07) is 8.25. The fourth-order valence-corrected chi connectivity index (χ4v) is 2.38. The Hall–Kier alpha value is -3.42. The summed E-state index contributed by atoms with van der Waals surface area (Å²) in [6.07, 6.45) is 1.43. The van der Waals surface area contributed by atoms with Gasteiger partial charge in [-0.25, -0.2) is 19.3 Å². The molecule has 0 aliphatic rings. The van der Waals surface area contributed by atoms with Crippen molar-refractivity contribution in [3.05, 3.63) is 65.0 Å². The normalized spacial score (nSPS) is 10.6. The van der Waals surface area contributed by atoms with Crippen molar-refractivity contribution in [1.82, 2.24) is 14.8 Å². The van der Waals surface area contributed by atoms with E-state index in [1.54, 1.807) is 22.9 Å². The van der Waals surface area contributed by atoms with E-state index < -0.39 is 11.9 Å². The Balaban J connectivity index is 1.64. The van der Waals surface area contributed by atoms with Crippen LogP contribution in [0.15, 0.2) is 40.9 Å². The van der Waals surface area contributed by atoms with Gasteiger partial charge in [-0.05, 0) is 44.2 Å². The molecule has 3 heterocycles. The van der Waals surface area contributed by atoms with E-state index in [9.17, 15) is 9.59 Å². The number of esters is 2. The minimum Gasteiger partial charge on any atom is -0.463 e. The van der Waals surface area contributed by atoms with Crippen LogP contribution in [0.1, 0.15) is 38.1 Å². The molecule has 0 radical (unpaired) electrons. The smallest absolute Gasteiger partial charge is 0.373 e. The molecule has 0 bridgehead atoms. The van der Waals surface area contributed by atoms with Crippen molar-refractivity contribution in [2.75, 3.05) is 7.11 Å². The van der Waals surface area contributed by atoms with E-state index in [1.165, 1.54) is 19.4 Å². The zero-order valence-corrected chi connectivity index (χ0v) is 14.6. The molecule has 0 fully saturated rings. The molecule has 8 nitrogen and oxygen atoms in total. The molecule has 134 valence electrons. The summed E-state index contributed by atoms with van der Waals surface area (Å²) < 4.78 is 16.6. The van der Waals surface area contributed by atoms with Crippen LogP contribution in [0.2, 0.25) is 0 Å². The van der Waals surface area contributed by atoms with Crippen LogP contribution in [0.4, 0.5) is 0 Å². The summed E-state index contributed by atoms with van der Waals surface area (Å²) in [7, 11) is 1.26. The van der Waals surface area contributed by atoms with Gasteiger partial charge in [-0.1, -0.05) is 0 Å². The van der Waals surface area contributed by atoms with Crippen molar-refractivity contribution in [1.29, 1.82) is 0 Å². The third kappa shape index (κ3) is 3.64. The maximum Gasteiger partial charge on any atom is 0.373 e. The fraction of sp³-hybridized carbons (Fsp3) is 0.222. The number of nitrogens with zero attached hydrogens (tertiary/aromatic N) is 3. The number of methoxy groups -OCH3 is 1. The molecule has 0 N–H and O–H groups in total. The first-order chi connectivity index (χ1) is 12.5. The van der Waals surface area contributed by atoms with E-state index in [0.29, 0.717) is 17.1 Å². The lowest BCUT2D eigenvalue weighted by Crippen LogP contribution is -2.07. The van der Waals surface area contributed by atoms with Crippen molar-refractivity contribution in [3.8, 4) is 5.82 Å². The number of aromatic nitrogens is 3. The first-order valence-corrected chi connectivity index (χ1v) is 7.82. The van der Waals surface area contributed by atoms with Crippen LogP contribution in [-0.4, -0.2) is 33.8 Å². The van der Waals surface area contributed by atoms with Crippen LogP contribution >= 0.6 is 0 Å². The summed E-state index contributed by atoms with van der Waals surface area (Å²) in [4.78, 5) is 27.7. The molecule has 3 rings (SSSR count). The molecule has 0 amide bonds. The van der Waals surface area contributed by atoms with Crippen molar-refractivity contribution in [2.24, 2.45) is 0 Å². The number of carbonyl (C=O) groups is 2. The third-order valence-corrected chi connectivity index (χ3v) is 3.60. The maximum atomic E-state index is 12.1. The van der Waals surface area contributed by atoms with Crippen LogP contribution in [-0.2, 0) is 16.1 Å². The number of hydrogen-bond acceptors (Lipinski definition) is 7. The molecule has 3 aromatic heterocycles. The summed E-state index contributed by atoms with van der Waals surface area (Å²) in [5, 5.41) is 4.34. The maximum absolute atomic E-state index is 12.1. The molecule has 0 saturated heterocycles. The van der Waals surface area contributed by atoms with Crippen LogP contribution in [0.25, 0.3) is 5.82 Å². The minimum absolute atomic E-state index is 0.0504. The van der Waals surface area contributed by atoms with E-state index in [4.69, 9.17) is 9.15 Å². The highest BCUT2D eigenvalue weighted by Gasteiger charge is 2.14. The molecule has 0 aromatic carbocycles.